The first kappa shape index (κ1) is 14.9. The number of benzene rings is 2. The van der Waals surface area contributed by atoms with Crippen molar-refractivity contribution >= 4 is 46.4 Å². The fraction of sp³-hybridized carbons (Fsp3) is 0.0769. The third kappa shape index (κ3) is 3.14. The molecule has 0 aliphatic carbocycles. The Hall–Kier alpha value is -0.540. The summed E-state index contributed by atoms with van der Waals surface area (Å²) in [5.41, 5.74) is 0.902. The molecule has 2 rings (SSSR count). The van der Waals surface area contributed by atoms with Crippen LogP contribution in [0.3, 0.4) is 0 Å². The largest absolute Gasteiger partial charge is 0.265 e. The predicted octanol–water partition coefficient (Wildman–Crippen LogP) is 6.90. The number of halogens is 6. The van der Waals surface area contributed by atoms with Gasteiger partial charge in [0.05, 0.1) is 15.1 Å². The second kappa shape index (κ2) is 5.84. The van der Waals surface area contributed by atoms with Crippen LogP contribution < -0.4 is 0 Å². The van der Waals surface area contributed by atoms with Crippen LogP contribution in [0.5, 0.6) is 0 Å². The van der Waals surface area contributed by atoms with Crippen LogP contribution in [0.25, 0.3) is 11.1 Å². The highest BCUT2D eigenvalue weighted by atomic mass is 35.5. The Labute approximate surface area is 128 Å². The molecule has 0 saturated heterocycles. The van der Waals surface area contributed by atoms with Gasteiger partial charge in [-0.2, -0.15) is 0 Å². The van der Waals surface area contributed by atoms with E-state index in [1.54, 1.807) is 18.2 Å². The zero-order chi connectivity index (χ0) is 14.2. The molecule has 0 aliphatic rings. The first-order valence-corrected chi connectivity index (χ1v) is 6.64. The molecule has 0 nitrogen and oxygen atoms in total. The second-order valence-corrected chi connectivity index (χ2v) is 5.39. The normalized spacial score (nSPS) is 11.1. The first-order chi connectivity index (χ1) is 8.90. The van der Waals surface area contributed by atoms with Crippen molar-refractivity contribution in [1.29, 1.82) is 0 Å². The average Bonchev–Trinajstić information content (AvgIpc) is 2.35. The molecule has 0 unspecified atom stereocenters. The smallest absolute Gasteiger partial charge is 0.205 e. The minimum atomic E-state index is -2.65. The highest BCUT2D eigenvalue weighted by Crippen LogP contribution is 2.37. The molecule has 2 aromatic rings. The predicted molar refractivity (Wildman–Crippen MR) is 76.9 cm³/mol. The van der Waals surface area contributed by atoms with E-state index in [0.29, 0.717) is 11.1 Å². The summed E-state index contributed by atoms with van der Waals surface area (Å²) in [6, 6.07) is 7.46. The van der Waals surface area contributed by atoms with Crippen LogP contribution in [0.15, 0.2) is 30.3 Å². The van der Waals surface area contributed by atoms with E-state index < -0.39 is 6.43 Å². The van der Waals surface area contributed by atoms with Crippen LogP contribution in [-0.4, -0.2) is 0 Å². The van der Waals surface area contributed by atoms with Gasteiger partial charge in [0.25, 0.3) is 6.43 Å². The Morgan fingerprint density at radius 1 is 0.737 bits per heavy atom. The molecule has 0 spiro atoms. The lowest BCUT2D eigenvalue weighted by molar-refractivity contribution is 0.151. The highest BCUT2D eigenvalue weighted by molar-refractivity contribution is 6.48. The van der Waals surface area contributed by atoms with Crippen molar-refractivity contribution in [2.75, 3.05) is 0 Å². The molecule has 0 amide bonds. The maximum absolute atomic E-state index is 12.8. The van der Waals surface area contributed by atoms with Crippen molar-refractivity contribution in [3.8, 4) is 11.1 Å². The van der Waals surface area contributed by atoms with Crippen LogP contribution >= 0.6 is 46.4 Å². The lowest BCUT2D eigenvalue weighted by Crippen LogP contribution is -1.88. The molecule has 19 heavy (non-hydrogen) atoms. The summed E-state index contributed by atoms with van der Waals surface area (Å²) in [7, 11) is 0. The van der Waals surface area contributed by atoms with E-state index in [9.17, 15) is 8.78 Å². The molecular formula is C13H6Cl4F2. The minimum absolute atomic E-state index is 0.0184. The average molecular weight is 342 g/mol. The monoisotopic (exact) mass is 340 g/mol. The van der Waals surface area contributed by atoms with Crippen molar-refractivity contribution in [2.24, 2.45) is 0 Å². The summed E-state index contributed by atoms with van der Waals surface area (Å²) in [5, 5.41) is 0.774. The van der Waals surface area contributed by atoms with Crippen molar-refractivity contribution < 1.29 is 8.78 Å². The minimum Gasteiger partial charge on any atom is -0.205 e. The zero-order valence-electron chi connectivity index (χ0n) is 9.23. The summed E-state index contributed by atoms with van der Waals surface area (Å²) < 4.78 is 25.6. The van der Waals surface area contributed by atoms with Gasteiger partial charge in [-0.1, -0.05) is 52.5 Å². The zero-order valence-corrected chi connectivity index (χ0v) is 12.3. The van der Waals surface area contributed by atoms with Crippen LogP contribution in [0, 0.1) is 0 Å². The van der Waals surface area contributed by atoms with Crippen molar-refractivity contribution in [3.05, 3.63) is 56.0 Å². The number of alkyl halides is 2. The van der Waals surface area contributed by atoms with Gasteiger partial charge in [-0.3, -0.25) is 0 Å². The van der Waals surface area contributed by atoms with E-state index in [2.05, 4.69) is 0 Å². The maximum atomic E-state index is 12.8. The fourth-order valence-corrected chi connectivity index (χ4v) is 2.41. The SMILES string of the molecule is FC(F)c1cc(-c2cc(Cl)c(Cl)c(Cl)c2)ccc1Cl. The maximum Gasteiger partial charge on any atom is 0.265 e. The van der Waals surface area contributed by atoms with Gasteiger partial charge in [-0.05, 0) is 35.4 Å². The number of hydrogen-bond donors (Lipinski definition) is 0. The summed E-state index contributed by atoms with van der Waals surface area (Å²) in [4.78, 5) is 0. The van der Waals surface area contributed by atoms with Crippen LogP contribution in [-0.2, 0) is 0 Å². The van der Waals surface area contributed by atoms with Crippen LogP contribution in [0.2, 0.25) is 20.1 Å². The van der Waals surface area contributed by atoms with Gasteiger partial charge in [-0.25, -0.2) is 8.78 Å². The molecule has 0 heterocycles. The summed E-state index contributed by atoms with van der Waals surface area (Å²) in [5.74, 6) is 0. The quantitative estimate of drug-likeness (QED) is 0.521. The Morgan fingerprint density at radius 2 is 1.32 bits per heavy atom. The molecule has 2 aromatic carbocycles. The van der Waals surface area contributed by atoms with E-state index in [4.69, 9.17) is 46.4 Å². The Balaban J connectivity index is 2.56. The first-order valence-electron chi connectivity index (χ1n) is 5.12. The molecule has 100 valence electrons. The lowest BCUT2D eigenvalue weighted by Gasteiger charge is -2.09. The van der Waals surface area contributed by atoms with E-state index in [0.717, 1.165) is 0 Å². The molecule has 0 radical (unpaired) electrons. The number of rotatable bonds is 2. The molecule has 0 N–H and O–H groups in total. The topological polar surface area (TPSA) is 0 Å². The van der Waals surface area contributed by atoms with E-state index in [1.165, 1.54) is 12.1 Å². The van der Waals surface area contributed by atoms with Gasteiger partial charge in [0, 0.05) is 10.6 Å². The number of hydrogen-bond acceptors (Lipinski definition) is 0. The summed E-state index contributed by atoms with van der Waals surface area (Å²) in [6.45, 7) is 0. The van der Waals surface area contributed by atoms with Crippen molar-refractivity contribution in [3.63, 3.8) is 0 Å². The molecule has 6 heteroatoms. The van der Waals surface area contributed by atoms with Crippen LogP contribution in [0.4, 0.5) is 8.78 Å². The standard InChI is InChI=1S/C13H6Cl4F2/c14-9-2-1-6(3-8(9)13(18)19)7-4-10(15)12(17)11(16)5-7/h1-5,13H. The molecule has 0 saturated carbocycles. The van der Waals surface area contributed by atoms with Gasteiger partial charge in [0.1, 0.15) is 0 Å². The van der Waals surface area contributed by atoms with Gasteiger partial charge in [-0.15, -0.1) is 0 Å². The van der Waals surface area contributed by atoms with Gasteiger partial charge in [0.2, 0.25) is 0 Å². The van der Waals surface area contributed by atoms with Gasteiger partial charge < -0.3 is 0 Å². The molecule has 0 fully saturated rings. The van der Waals surface area contributed by atoms with E-state index in [1.807, 2.05) is 0 Å². The van der Waals surface area contributed by atoms with Gasteiger partial charge >= 0.3 is 0 Å². The highest BCUT2D eigenvalue weighted by Gasteiger charge is 2.14. The molecule has 0 bridgehead atoms. The van der Waals surface area contributed by atoms with Gasteiger partial charge in [0.15, 0.2) is 0 Å². The van der Waals surface area contributed by atoms with Crippen LogP contribution in [0.1, 0.15) is 12.0 Å². The summed E-state index contributed by atoms with van der Waals surface area (Å²) >= 11 is 23.4. The third-order valence-corrected chi connectivity index (χ3v) is 4.09. The third-order valence-electron chi connectivity index (χ3n) is 2.55. The molecule has 0 atom stereocenters. The fourth-order valence-electron chi connectivity index (χ4n) is 1.61. The lowest BCUT2D eigenvalue weighted by atomic mass is 10.0. The Bertz CT molecular complexity index is 603. The second-order valence-electron chi connectivity index (χ2n) is 3.79. The van der Waals surface area contributed by atoms with E-state index >= 15 is 0 Å². The molecular weight excluding hydrogens is 336 g/mol. The van der Waals surface area contributed by atoms with Crippen molar-refractivity contribution in [2.45, 2.75) is 6.43 Å². The summed E-state index contributed by atoms with van der Waals surface area (Å²) in [6.07, 6.45) is -2.65. The molecule has 0 aromatic heterocycles. The molecule has 0 aliphatic heterocycles. The Morgan fingerprint density at radius 3 is 1.84 bits per heavy atom. The Kier molecular flexibility index (Phi) is 4.57. The van der Waals surface area contributed by atoms with Crippen molar-refractivity contribution in [1.82, 2.24) is 0 Å². The van der Waals surface area contributed by atoms with E-state index in [-0.39, 0.29) is 25.7 Å².